The average Bonchev–Trinajstić information content (AvgIpc) is 2.43. The molecule has 0 aliphatic carbocycles. The molecule has 0 spiro atoms. The van der Waals surface area contributed by atoms with Gasteiger partial charge in [-0.2, -0.15) is 0 Å². The highest BCUT2D eigenvalue weighted by atomic mass is 15.3. The van der Waals surface area contributed by atoms with Crippen LogP contribution in [0.2, 0.25) is 0 Å². The zero-order valence-electron chi connectivity index (χ0n) is 12.7. The number of nitrogen functional groups attached to an aromatic ring is 1. The van der Waals surface area contributed by atoms with E-state index in [4.69, 9.17) is 5.84 Å². The molecule has 20 heavy (non-hydrogen) atoms. The Balaban J connectivity index is 2.16. The zero-order chi connectivity index (χ0) is 14.5. The lowest BCUT2D eigenvalue weighted by molar-refractivity contribution is 0.206. The minimum atomic E-state index is 0.460. The van der Waals surface area contributed by atoms with E-state index >= 15 is 0 Å². The van der Waals surface area contributed by atoms with Gasteiger partial charge in [0.1, 0.15) is 18.0 Å². The molecule has 0 amide bonds. The van der Waals surface area contributed by atoms with Gasteiger partial charge in [-0.3, -0.25) is 0 Å². The number of hydrazine groups is 1. The summed E-state index contributed by atoms with van der Waals surface area (Å²) in [5, 5.41) is 3.61. The number of nitrogens with one attached hydrogen (secondary N) is 2. The second kappa shape index (κ2) is 6.85. The van der Waals surface area contributed by atoms with E-state index in [2.05, 4.69) is 46.5 Å². The van der Waals surface area contributed by atoms with Crippen LogP contribution in [-0.4, -0.2) is 41.0 Å². The van der Waals surface area contributed by atoms with Crippen molar-refractivity contribution in [1.29, 1.82) is 0 Å². The Labute approximate surface area is 121 Å². The van der Waals surface area contributed by atoms with E-state index in [9.17, 15) is 0 Å². The highest BCUT2D eigenvalue weighted by molar-refractivity contribution is 5.57. The van der Waals surface area contributed by atoms with Crippen molar-refractivity contribution in [3.8, 4) is 0 Å². The molecule has 4 N–H and O–H groups in total. The first kappa shape index (κ1) is 15.0. The second-order valence-electron chi connectivity index (χ2n) is 5.72. The minimum absolute atomic E-state index is 0.460. The lowest BCUT2D eigenvalue weighted by Crippen LogP contribution is -2.43. The molecular formula is C14H26N6. The van der Waals surface area contributed by atoms with Gasteiger partial charge in [-0.15, -0.1) is 0 Å². The molecule has 2 atom stereocenters. The fourth-order valence-corrected chi connectivity index (χ4v) is 2.89. The third kappa shape index (κ3) is 3.37. The zero-order valence-corrected chi connectivity index (χ0v) is 12.7. The number of piperidine rings is 1. The summed E-state index contributed by atoms with van der Waals surface area (Å²) in [6, 6.07) is 0.460. The molecule has 2 unspecified atom stereocenters. The first-order chi connectivity index (χ1) is 9.65. The molecule has 2 heterocycles. The van der Waals surface area contributed by atoms with Gasteiger partial charge < -0.3 is 15.6 Å². The van der Waals surface area contributed by atoms with E-state index in [1.54, 1.807) is 6.33 Å². The minimum Gasteiger partial charge on any atom is -0.367 e. The number of nitrogens with zero attached hydrogens (tertiary/aromatic N) is 3. The molecule has 1 fully saturated rings. The topological polar surface area (TPSA) is 79.1 Å². The number of likely N-dealkylation sites (tertiary alicyclic amines) is 1. The van der Waals surface area contributed by atoms with Gasteiger partial charge in [0.25, 0.3) is 0 Å². The van der Waals surface area contributed by atoms with Gasteiger partial charge in [-0.1, -0.05) is 20.3 Å². The molecule has 6 heteroatoms. The second-order valence-corrected chi connectivity index (χ2v) is 5.72. The number of nitrogens with two attached hydrogens (primary N) is 1. The summed E-state index contributed by atoms with van der Waals surface area (Å²) in [6.45, 7) is 6.68. The van der Waals surface area contributed by atoms with E-state index in [-0.39, 0.29) is 0 Å². The molecule has 0 aromatic carbocycles. The predicted molar refractivity (Wildman–Crippen MR) is 82.5 cm³/mol. The van der Waals surface area contributed by atoms with Gasteiger partial charge in [0.05, 0.1) is 0 Å². The maximum Gasteiger partial charge on any atom is 0.148 e. The van der Waals surface area contributed by atoms with Crippen LogP contribution in [-0.2, 0) is 6.42 Å². The van der Waals surface area contributed by atoms with Crippen LogP contribution >= 0.6 is 0 Å². The van der Waals surface area contributed by atoms with E-state index in [0.29, 0.717) is 12.0 Å². The van der Waals surface area contributed by atoms with Crippen molar-refractivity contribution in [2.24, 2.45) is 11.8 Å². The SMILES string of the molecule is CCCc1c(NN)ncnc1NC1CCN(C)CC1C. The van der Waals surface area contributed by atoms with Crippen LogP contribution in [0.15, 0.2) is 6.33 Å². The summed E-state index contributed by atoms with van der Waals surface area (Å²) in [7, 11) is 2.18. The van der Waals surface area contributed by atoms with Crippen LogP contribution in [0.5, 0.6) is 0 Å². The Kier molecular flexibility index (Phi) is 5.14. The van der Waals surface area contributed by atoms with E-state index < -0.39 is 0 Å². The smallest absolute Gasteiger partial charge is 0.148 e. The summed E-state index contributed by atoms with van der Waals surface area (Å²) in [5.41, 5.74) is 3.76. The number of hydrogen-bond donors (Lipinski definition) is 3. The molecule has 1 saturated heterocycles. The number of hydrogen-bond acceptors (Lipinski definition) is 6. The Morgan fingerprint density at radius 2 is 2.15 bits per heavy atom. The summed E-state index contributed by atoms with van der Waals surface area (Å²) < 4.78 is 0. The quantitative estimate of drug-likeness (QED) is 0.559. The largest absolute Gasteiger partial charge is 0.367 e. The molecule has 1 aromatic rings. The van der Waals surface area contributed by atoms with E-state index in [0.717, 1.165) is 49.6 Å². The summed E-state index contributed by atoms with van der Waals surface area (Å²) in [6.07, 6.45) is 4.67. The summed E-state index contributed by atoms with van der Waals surface area (Å²) in [4.78, 5) is 11.0. The fourth-order valence-electron chi connectivity index (χ4n) is 2.89. The van der Waals surface area contributed by atoms with Crippen LogP contribution in [0.4, 0.5) is 11.6 Å². The van der Waals surface area contributed by atoms with E-state index in [1.807, 2.05) is 0 Å². The Morgan fingerprint density at radius 1 is 1.40 bits per heavy atom. The Morgan fingerprint density at radius 3 is 2.80 bits per heavy atom. The van der Waals surface area contributed by atoms with Gasteiger partial charge in [-0.25, -0.2) is 15.8 Å². The maximum atomic E-state index is 5.55. The van der Waals surface area contributed by atoms with Crippen LogP contribution in [0.25, 0.3) is 0 Å². The molecule has 2 rings (SSSR count). The molecule has 1 aliphatic heterocycles. The van der Waals surface area contributed by atoms with Crippen molar-refractivity contribution in [3.05, 3.63) is 11.9 Å². The van der Waals surface area contributed by atoms with Gasteiger partial charge >= 0.3 is 0 Å². The Bertz CT molecular complexity index is 436. The number of rotatable bonds is 5. The van der Waals surface area contributed by atoms with Crippen LogP contribution in [0.1, 0.15) is 32.3 Å². The Hall–Kier alpha value is -1.40. The highest BCUT2D eigenvalue weighted by Gasteiger charge is 2.25. The molecule has 0 radical (unpaired) electrons. The van der Waals surface area contributed by atoms with Gasteiger partial charge in [0.2, 0.25) is 0 Å². The molecule has 112 valence electrons. The van der Waals surface area contributed by atoms with Crippen molar-refractivity contribution in [3.63, 3.8) is 0 Å². The molecule has 0 saturated carbocycles. The average molecular weight is 278 g/mol. The van der Waals surface area contributed by atoms with E-state index in [1.165, 1.54) is 0 Å². The molecule has 1 aromatic heterocycles. The maximum absolute atomic E-state index is 5.55. The van der Waals surface area contributed by atoms with Crippen LogP contribution < -0.4 is 16.6 Å². The first-order valence-corrected chi connectivity index (χ1v) is 7.41. The third-order valence-electron chi connectivity index (χ3n) is 4.01. The highest BCUT2D eigenvalue weighted by Crippen LogP contribution is 2.25. The van der Waals surface area contributed by atoms with Crippen LogP contribution in [0.3, 0.4) is 0 Å². The monoisotopic (exact) mass is 278 g/mol. The number of anilines is 2. The molecule has 0 bridgehead atoms. The predicted octanol–water partition coefficient (Wildman–Crippen LogP) is 1.47. The first-order valence-electron chi connectivity index (χ1n) is 7.41. The third-order valence-corrected chi connectivity index (χ3v) is 4.01. The fraction of sp³-hybridized carbons (Fsp3) is 0.714. The molecule has 6 nitrogen and oxygen atoms in total. The molecule has 1 aliphatic rings. The summed E-state index contributed by atoms with van der Waals surface area (Å²) >= 11 is 0. The van der Waals surface area contributed by atoms with Gasteiger partial charge in [0.15, 0.2) is 0 Å². The number of aromatic nitrogens is 2. The van der Waals surface area contributed by atoms with Gasteiger partial charge in [0, 0.05) is 18.2 Å². The lowest BCUT2D eigenvalue weighted by atomic mass is 9.94. The van der Waals surface area contributed by atoms with Crippen molar-refractivity contribution < 1.29 is 0 Å². The summed E-state index contributed by atoms with van der Waals surface area (Å²) in [5.74, 6) is 7.81. The lowest BCUT2D eigenvalue weighted by Gasteiger charge is -2.35. The van der Waals surface area contributed by atoms with Crippen molar-refractivity contribution in [2.75, 3.05) is 30.9 Å². The van der Waals surface area contributed by atoms with Crippen molar-refractivity contribution in [1.82, 2.24) is 14.9 Å². The van der Waals surface area contributed by atoms with Crippen molar-refractivity contribution in [2.45, 2.75) is 39.2 Å². The van der Waals surface area contributed by atoms with Crippen molar-refractivity contribution >= 4 is 11.6 Å². The van der Waals surface area contributed by atoms with Gasteiger partial charge in [-0.05, 0) is 32.4 Å². The molecular weight excluding hydrogens is 252 g/mol. The normalized spacial score (nSPS) is 23.6. The van der Waals surface area contributed by atoms with Crippen LogP contribution in [0, 0.1) is 5.92 Å². The standard InChI is InChI=1S/C14H26N6/c1-4-5-11-13(16-9-17-14(11)19-15)18-12-6-7-20(3)8-10(12)2/h9-10,12H,4-8,15H2,1-3H3,(H2,16,17,18,19).